The van der Waals surface area contributed by atoms with Gasteiger partial charge in [0.05, 0.1) is 18.4 Å². The van der Waals surface area contributed by atoms with Gasteiger partial charge in [-0.1, -0.05) is 0 Å². The molecule has 1 aliphatic rings. The van der Waals surface area contributed by atoms with Gasteiger partial charge in [0.2, 0.25) is 0 Å². The number of rotatable bonds is 5. The number of aromatic nitrogens is 6. The van der Waals surface area contributed by atoms with Crippen LogP contribution in [-0.4, -0.2) is 41.2 Å². The molecule has 0 radical (unpaired) electrons. The van der Waals surface area contributed by atoms with E-state index in [1.165, 1.54) is 6.20 Å². The molecule has 3 aromatic rings. The lowest BCUT2D eigenvalue weighted by Gasteiger charge is -2.34. The summed E-state index contributed by atoms with van der Waals surface area (Å²) in [5.74, 6) is 1.92. The lowest BCUT2D eigenvalue weighted by atomic mass is 9.79. The van der Waals surface area contributed by atoms with Crippen LogP contribution in [-0.2, 0) is 13.6 Å². The largest absolute Gasteiger partial charge is 0.356 e. The summed E-state index contributed by atoms with van der Waals surface area (Å²) >= 11 is 0. The number of amides is 1. The van der Waals surface area contributed by atoms with E-state index >= 15 is 0 Å². The number of nitrogens with one attached hydrogen (secondary N) is 2. The first kappa shape index (κ1) is 16.1. The molecule has 0 aromatic carbocycles. The lowest BCUT2D eigenvalue weighted by molar-refractivity contribution is 0.0902. The van der Waals surface area contributed by atoms with Gasteiger partial charge in [0.25, 0.3) is 5.91 Å². The van der Waals surface area contributed by atoms with Gasteiger partial charge in [-0.05, 0) is 18.9 Å². The van der Waals surface area contributed by atoms with Gasteiger partial charge < -0.3 is 19.4 Å². The first-order valence-corrected chi connectivity index (χ1v) is 8.37. The van der Waals surface area contributed by atoms with Crippen LogP contribution < -0.4 is 5.32 Å². The highest BCUT2D eigenvalue weighted by Gasteiger charge is 2.35. The number of nitriles is 1. The minimum Gasteiger partial charge on any atom is -0.356 e. The summed E-state index contributed by atoms with van der Waals surface area (Å²) in [6, 6.07) is 3.66. The van der Waals surface area contributed by atoms with Crippen LogP contribution in [0.15, 0.2) is 31.0 Å². The lowest BCUT2D eigenvalue weighted by Crippen LogP contribution is -2.44. The smallest absolute Gasteiger partial charge is 0.267 e. The van der Waals surface area contributed by atoms with Crippen molar-refractivity contribution in [3.05, 3.63) is 53.9 Å². The van der Waals surface area contributed by atoms with Crippen LogP contribution in [0.1, 0.15) is 46.5 Å². The minimum atomic E-state index is -0.186. The predicted molar refractivity (Wildman–Crippen MR) is 91.1 cm³/mol. The summed E-state index contributed by atoms with van der Waals surface area (Å²) < 4.78 is 3.97. The Morgan fingerprint density at radius 2 is 2.31 bits per heavy atom. The minimum absolute atomic E-state index is 0.107. The van der Waals surface area contributed by atoms with Crippen molar-refractivity contribution in [2.24, 2.45) is 7.05 Å². The Morgan fingerprint density at radius 3 is 3.00 bits per heavy atom. The van der Waals surface area contributed by atoms with E-state index in [0.29, 0.717) is 17.8 Å². The SMILES string of the molecule is Cn1c(Cn2ccnc2)nnc1C1CC(NC(=O)c2cc(C#N)c[nH]2)C1. The summed E-state index contributed by atoms with van der Waals surface area (Å²) in [7, 11) is 1.97. The van der Waals surface area contributed by atoms with E-state index in [1.807, 2.05) is 28.4 Å². The van der Waals surface area contributed by atoms with Crippen LogP contribution >= 0.6 is 0 Å². The normalized spacial score (nSPS) is 18.9. The van der Waals surface area contributed by atoms with Gasteiger partial charge >= 0.3 is 0 Å². The van der Waals surface area contributed by atoms with Crippen molar-refractivity contribution in [2.45, 2.75) is 31.3 Å². The Labute approximate surface area is 149 Å². The molecule has 132 valence electrons. The molecule has 2 N–H and O–H groups in total. The van der Waals surface area contributed by atoms with E-state index in [4.69, 9.17) is 5.26 Å². The molecule has 0 unspecified atom stereocenters. The number of imidazole rings is 1. The van der Waals surface area contributed by atoms with Gasteiger partial charge in [-0.25, -0.2) is 4.98 Å². The van der Waals surface area contributed by atoms with Crippen molar-refractivity contribution in [3.63, 3.8) is 0 Å². The first-order valence-electron chi connectivity index (χ1n) is 8.37. The fourth-order valence-electron chi connectivity index (χ4n) is 3.21. The van der Waals surface area contributed by atoms with E-state index < -0.39 is 0 Å². The third-order valence-corrected chi connectivity index (χ3v) is 4.78. The van der Waals surface area contributed by atoms with Crippen molar-refractivity contribution in [1.82, 2.24) is 34.6 Å². The van der Waals surface area contributed by atoms with Crippen LogP contribution in [0.4, 0.5) is 0 Å². The molecule has 1 amide bonds. The molecule has 0 spiro atoms. The second kappa shape index (κ2) is 6.48. The summed E-state index contributed by atoms with van der Waals surface area (Å²) in [4.78, 5) is 19.0. The summed E-state index contributed by atoms with van der Waals surface area (Å²) in [6.45, 7) is 0.629. The highest BCUT2D eigenvalue weighted by molar-refractivity contribution is 5.93. The third-order valence-electron chi connectivity index (χ3n) is 4.78. The number of hydrogen-bond acceptors (Lipinski definition) is 5. The molecule has 1 fully saturated rings. The standard InChI is InChI=1S/C17H18N8O/c1-24-15(9-25-3-2-19-10-25)22-23-16(24)12-5-13(6-12)21-17(26)14-4-11(7-18)8-20-14/h2-4,8,10,12-13,20H,5-6,9H2,1H3,(H,21,26). The van der Waals surface area contributed by atoms with E-state index in [0.717, 1.165) is 24.5 Å². The number of carbonyl (C=O) groups is 1. The fourth-order valence-corrected chi connectivity index (χ4v) is 3.21. The van der Waals surface area contributed by atoms with Gasteiger partial charge in [0.1, 0.15) is 17.6 Å². The highest BCUT2D eigenvalue weighted by Crippen LogP contribution is 2.36. The highest BCUT2D eigenvalue weighted by atomic mass is 16.1. The van der Waals surface area contributed by atoms with Crippen molar-refractivity contribution in [2.75, 3.05) is 0 Å². The number of nitrogens with zero attached hydrogens (tertiary/aromatic N) is 6. The summed E-state index contributed by atoms with van der Waals surface area (Å²) in [5.41, 5.74) is 0.859. The van der Waals surface area contributed by atoms with Gasteiger partial charge in [-0.2, -0.15) is 5.26 Å². The maximum atomic E-state index is 12.2. The Balaban J connectivity index is 1.34. The molecule has 0 saturated heterocycles. The van der Waals surface area contributed by atoms with E-state index in [1.54, 1.807) is 18.6 Å². The van der Waals surface area contributed by atoms with Crippen LogP contribution in [0.25, 0.3) is 0 Å². The maximum absolute atomic E-state index is 12.2. The number of aromatic amines is 1. The van der Waals surface area contributed by atoms with E-state index in [9.17, 15) is 4.79 Å². The Morgan fingerprint density at radius 1 is 1.46 bits per heavy atom. The van der Waals surface area contributed by atoms with Crippen molar-refractivity contribution in [3.8, 4) is 6.07 Å². The van der Waals surface area contributed by atoms with Crippen molar-refractivity contribution >= 4 is 5.91 Å². The summed E-state index contributed by atoms with van der Waals surface area (Å²) in [6.07, 6.45) is 8.56. The molecule has 3 heterocycles. The zero-order chi connectivity index (χ0) is 18.1. The Hall–Kier alpha value is -3.41. The molecular formula is C17H18N8O. The second-order valence-corrected chi connectivity index (χ2v) is 6.52. The average Bonchev–Trinajstić information content (AvgIpc) is 3.34. The van der Waals surface area contributed by atoms with Crippen LogP contribution in [0, 0.1) is 11.3 Å². The third kappa shape index (κ3) is 2.97. The van der Waals surface area contributed by atoms with Gasteiger partial charge in [-0.15, -0.1) is 10.2 Å². The van der Waals surface area contributed by atoms with E-state index in [-0.39, 0.29) is 17.9 Å². The van der Waals surface area contributed by atoms with Gasteiger partial charge in [0, 0.05) is 37.6 Å². The quantitative estimate of drug-likeness (QED) is 0.710. The Kier molecular flexibility index (Phi) is 4.01. The molecule has 4 rings (SSSR count). The zero-order valence-electron chi connectivity index (χ0n) is 14.3. The van der Waals surface area contributed by atoms with Gasteiger partial charge in [-0.3, -0.25) is 4.79 Å². The molecule has 0 bridgehead atoms. The molecular weight excluding hydrogens is 332 g/mol. The Bertz CT molecular complexity index is 955. The molecule has 0 aliphatic heterocycles. The molecule has 26 heavy (non-hydrogen) atoms. The molecule has 9 heteroatoms. The monoisotopic (exact) mass is 350 g/mol. The topological polar surface area (TPSA) is 117 Å². The molecule has 1 aliphatic carbocycles. The van der Waals surface area contributed by atoms with E-state index in [2.05, 4.69) is 25.5 Å². The second-order valence-electron chi connectivity index (χ2n) is 6.52. The van der Waals surface area contributed by atoms with Crippen molar-refractivity contribution in [1.29, 1.82) is 5.26 Å². The number of H-pyrrole nitrogens is 1. The molecule has 9 nitrogen and oxygen atoms in total. The predicted octanol–water partition coefficient (Wildman–Crippen LogP) is 0.936. The number of carbonyl (C=O) groups excluding carboxylic acids is 1. The van der Waals surface area contributed by atoms with Crippen LogP contribution in [0.3, 0.4) is 0 Å². The molecule has 1 saturated carbocycles. The van der Waals surface area contributed by atoms with Gasteiger partial charge in [0.15, 0.2) is 5.82 Å². The molecule has 0 atom stereocenters. The zero-order valence-corrected chi connectivity index (χ0v) is 14.3. The van der Waals surface area contributed by atoms with Crippen molar-refractivity contribution < 1.29 is 4.79 Å². The summed E-state index contributed by atoms with van der Waals surface area (Å²) in [5, 5.41) is 20.4. The average molecular weight is 350 g/mol. The van der Waals surface area contributed by atoms with Crippen LogP contribution in [0.5, 0.6) is 0 Å². The number of hydrogen-bond donors (Lipinski definition) is 2. The first-order chi connectivity index (χ1) is 12.6. The molecule has 3 aromatic heterocycles. The maximum Gasteiger partial charge on any atom is 0.267 e. The van der Waals surface area contributed by atoms with Crippen LogP contribution in [0.2, 0.25) is 0 Å². The fraction of sp³-hybridized carbons (Fsp3) is 0.353.